The van der Waals surface area contributed by atoms with E-state index in [1.54, 1.807) is 0 Å². The summed E-state index contributed by atoms with van der Waals surface area (Å²) in [6.45, 7) is 1.38. The molecule has 0 aromatic heterocycles. The summed E-state index contributed by atoms with van der Waals surface area (Å²) in [5.41, 5.74) is 1.48. The van der Waals surface area contributed by atoms with Gasteiger partial charge in [-0.2, -0.15) is 0 Å². The largest absolute Gasteiger partial charge is 0.481 e. The van der Waals surface area contributed by atoms with E-state index < -0.39 is 11.9 Å². The van der Waals surface area contributed by atoms with Crippen molar-refractivity contribution < 1.29 is 14.7 Å². The van der Waals surface area contributed by atoms with E-state index in [1.807, 2.05) is 0 Å². The fraction of sp³-hybridized carbons (Fsp3) is 0.733. The van der Waals surface area contributed by atoms with Crippen LogP contribution in [-0.4, -0.2) is 16.9 Å². The fourth-order valence-electron chi connectivity index (χ4n) is 4.65. The molecule has 1 rings (SSSR count). The van der Waals surface area contributed by atoms with Crippen LogP contribution in [0, 0.1) is 5.92 Å². The number of aryl methyl sites for hydroxylation is 1. The normalized spacial score (nSPS) is 12.0. The van der Waals surface area contributed by atoms with Crippen molar-refractivity contribution in [2.45, 2.75) is 135 Å². The molecule has 0 aliphatic rings. The molecule has 0 bridgehead atoms. The fourth-order valence-corrected chi connectivity index (χ4v) is 4.65. The lowest BCUT2D eigenvalue weighted by Crippen LogP contribution is -2.21. The molecule has 1 unspecified atom stereocenters. The van der Waals surface area contributed by atoms with Gasteiger partial charge in [0.2, 0.25) is 0 Å². The molecule has 3 heteroatoms. The SMILES string of the molecule is CC(=O)C(CCCCCCCCCCCCCCCCCCCCc1ccccc1)C(=O)O. The molecule has 1 atom stereocenters. The van der Waals surface area contributed by atoms with Crippen LogP contribution in [0.5, 0.6) is 0 Å². The first-order valence-corrected chi connectivity index (χ1v) is 13.9. The highest BCUT2D eigenvalue weighted by molar-refractivity contribution is 5.96. The standard InChI is InChI=1S/C30H50O3/c1-27(31)29(30(32)33)26-22-17-15-13-11-9-7-5-3-2-4-6-8-10-12-14-16-19-23-28-24-20-18-21-25-28/h18,20-21,24-25,29H,2-17,19,22-23,26H2,1H3,(H,32,33). The van der Waals surface area contributed by atoms with Crippen molar-refractivity contribution in [1.29, 1.82) is 0 Å². The Kier molecular flexibility index (Phi) is 18.6. The number of hydrogen-bond acceptors (Lipinski definition) is 2. The minimum absolute atomic E-state index is 0.215. The zero-order valence-electron chi connectivity index (χ0n) is 21.4. The van der Waals surface area contributed by atoms with E-state index in [-0.39, 0.29) is 5.78 Å². The van der Waals surface area contributed by atoms with Crippen LogP contribution in [0.25, 0.3) is 0 Å². The lowest BCUT2D eigenvalue weighted by atomic mass is 9.97. The summed E-state index contributed by atoms with van der Waals surface area (Å²) in [6.07, 6.45) is 25.3. The van der Waals surface area contributed by atoms with Crippen molar-refractivity contribution in [3.05, 3.63) is 35.9 Å². The average molecular weight is 459 g/mol. The maximum atomic E-state index is 11.3. The Bertz CT molecular complexity index is 582. The van der Waals surface area contributed by atoms with Gasteiger partial charge < -0.3 is 5.11 Å². The summed E-state index contributed by atoms with van der Waals surface area (Å²) in [7, 11) is 0. The van der Waals surface area contributed by atoms with Crippen LogP contribution in [-0.2, 0) is 16.0 Å². The van der Waals surface area contributed by atoms with Gasteiger partial charge >= 0.3 is 5.97 Å². The van der Waals surface area contributed by atoms with Gasteiger partial charge in [0.25, 0.3) is 0 Å². The summed E-state index contributed by atoms with van der Waals surface area (Å²) < 4.78 is 0. The smallest absolute Gasteiger partial charge is 0.314 e. The third-order valence-electron chi connectivity index (χ3n) is 6.84. The van der Waals surface area contributed by atoms with Crippen LogP contribution in [0.4, 0.5) is 0 Å². The molecular formula is C30H50O3. The van der Waals surface area contributed by atoms with Crippen molar-refractivity contribution in [1.82, 2.24) is 0 Å². The second-order valence-corrected chi connectivity index (χ2v) is 9.89. The Morgan fingerprint density at radius 3 is 1.33 bits per heavy atom. The van der Waals surface area contributed by atoms with E-state index in [0.29, 0.717) is 6.42 Å². The molecule has 33 heavy (non-hydrogen) atoms. The quantitative estimate of drug-likeness (QED) is 0.131. The molecule has 1 N–H and O–H groups in total. The summed E-state index contributed by atoms with van der Waals surface area (Å²) in [5, 5.41) is 9.00. The van der Waals surface area contributed by atoms with E-state index in [1.165, 1.54) is 115 Å². The van der Waals surface area contributed by atoms with Crippen molar-refractivity contribution in [2.75, 3.05) is 0 Å². The molecule has 0 aliphatic carbocycles. The van der Waals surface area contributed by atoms with Crippen LogP contribution >= 0.6 is 0 Å². The van der Waals surface area contributed by atoms with Gasteiger partial charge in [0, 0.05) is 0 Å². The molecule has 0 aliphatic heterocycles. The molecule has 0 amide bonds. The zero-order chi connectivity index (χ0) is 24.0. The maximum Gasteiger partial charge on any atom is 0.314 e. The molecule has 0 saturated heterocycles. The molecule has 0 heterocycles. The third-order valence-corrected chi connectivity index (χ3v) is 6.84. The Morgan fingerprint density at radius 1 is 0.606 bits per heavy atom. The number of carboxylic acid groups (broad SMARTS) is 1. The Labute approximate surface area is 203 Å². The summed E-state index contributed by atoms with van der Waals surface area (Å²) in [4.78, 5) is 22.2. The molecule has 1 aromatic rings. The number of carbonyl (C=O) groups is 2. The van der Waals surface area contributed by atoms with E-state index in [0.717, 1.165) is 19.3 Å². The highest BCUT2D eigenvalue weighted by Gasteiger charge is 2.21. The van der Waals surface area contributed by atoms with Crippen LogP contribution in [0.2, 0.25) is 0 Å². The number of ketones is 1. The van der Waals surface area contributed by atoms with E-state index in [2.05, 4.69) is 30.3 Å². The number of carbonyl (C=O) groups excluding carboxylic acids is 1. The van der Waals surface area contributed by atoms with Crippen LogP contribution in [0.1, 0.15) is 134 Å². The second-order valence-electron chi connectivity index (χ2n) is 9.89. The van der Waals surface area contributed by atoms with Gasteiger partial charge in [0.15, 0.2) is 0 Å². The van der Waals surface area contributed by atoms with E-state index in [4.69, 9.17) is 5.11 Å². The molecule has 0 saturated carbocycles. The lowest BCUT2D eigenvalue weighted by molar-refractivity contribution is -0.146. The predicted molar refractivity (Wildman–Crippen MR) is 140 cm³/mol. The Balaban J connectivity index is 1.73. The number of hydrogen-bond donors (Lipinski definition) is 1. The Hall–Kier alpha value is -1.64. The number of carboxylic acids is 1. The first-order valence-electron chi connectivity index (χ1n) is 13.9. The molecular weight excluding hydrogens is 408 g/mol. The number of rotatable bonds is 23. The van der Waals surface area contributed by atoms with Gasteiger partial charge in [-0.05, 0) is 31.7 Å². The van der Waals surface area contributed by atoms with E-state index in [9.17, 15) is 9.59 Å². The van der Waals surface area contributed by atoms with E-state index >= 15 is 0 Å². The maximum absolute atomic E-state index is 11.3. The zero-order valence-corrected chi connectivity index (χ0v) is 21.4. The summed E-state index contributed by atoms with van der Waals surface area (Å²) in [6, 6.07) is 10.8. The third kappa shape index (κ3) is 17.5. The van der Waals surface area contributed by atoms with Crippen LogP contribution < -0.4 is 0 Å². The van der Waals surface area contributed by atoms with Crippen molar-refractivity contribution in [2.24, 2.45) is 5.92 Å². The van der Waals surface area contributed by atoms with Gasteiger partial charge in [-0.25, -0.2) is 0 Å². The minimum atomic E-state index is -0.965. The highest BCUT2D eigenvalue weighted by atomic mass is 16.4. The first-order chi connectivity index (χ1) is 16.1. The molecule has 188 valence electrons. The molecule has 3 nitrogen and oxygen atoms in total. The Morgan fingerprint density at radius 2 is 0.970 bits per heavy atom. The lowest BCUT2D eigenvalue weighted by Gasteiger charge is -2.08. The van der Waals surface area contributed by atoms with Crippen molar-refractivity contribution in [3.8, 4) is 0 Å². The molecule has 1 aromatic carbocycles. The molecule has 0 spiro atoms. The monoisotopic (exact) mass is 458 g/mol. The minimum Gasteiger partial charge on any atom is -0.481 e. The van der Waals surface area contributed by atoms with Gasteiger partial charge in [0.1, 0.15) is 11.7 Å². The van der Waals surface area contributed by atoms with Gasteiger partial charge in [-0.1, -0.05) is 139 Å². The number of benzene rings is 1. The predicted octanol–water partition coefficient (Wildman–Crippen LogP) is 8.93. The highest BCUT2D eigenvalue weighted by Crippen LogP contribution is 2.16. The number of Topliss-reactive ketones (excluding diaryl/α,β-unsaturated/α-hetero) is 1. The van der Waals surface area contributed by atoms with Crippen molar-refractivity contribution in [3.63, 3.8) is 0 Å². The van der Waals surface area contributed by atoms with Crippen LogP contribution in [0.3, 0.4) is 0 Å². The number of aliphatic carboxylic acids is 1. The van der Waals surface area contributed by atoms with Gasteiger partial charge in [-0.3, -0.25) is 9.59 Å². The molecule has 0 fully saturated rings. The van der Waals surface area contributed by atoms with Gasteiger partial charge in [-0.15, -0.1) is 0 Å². The topological polar surface area (TPSA) is 54.4 Å². The van der Waals surface area contributed by atoms with Gasteiger partial charge in [0.05, 0.1) is 0 Å². The second kappa shape index (κ2) is 20.9. The number of unbranched alkanes of at least 4 members (excludes halogenated alkanes) is 17. The summed E-state index contributed by atoms with van der Waals surface area (Å²) in [5.74, 6) is -1.97. The average Bonchev–Trinajstić information content (AvgIpc) is 2.80. The first kappa shape index (κ1) is 29.4. The van der Waals surface area contributed by atoms with Crippen molar-refractivity contribution >= 4 is 11.8 Å². The summed E-state index contributed by atoms with van der Waals surface area (Å²) >= 11 is 0. The molecule has 0 radical (unpaired) electrons. The van der Waals surface area contributed by atoms with Crippen LogP contribution in [0.15, 0.2) is 30.3 Å².